The molecule has 1 saturated carbocycles. The van der Waals surface area contributed by atoms with E-state index in [1.54, 1.807) is 0 Å². The minimum Gasteiger partial charge on any atom is -0.296 e. The molecule has 0 bridgehead atoms. The maximum atomic E-state index is 6.00. The molecule has 2 aliphatic rings. The SMILES string of the molecule is CCn1nccc1C(NN)C1(N2CCCC2)CCCC1. The molecule has 1 atom stereocenters. The van der Waals surface area contributed by atoms with E-state index in [0.717, 1.165) is 6.54 Å². The van der Waals surface area contributed by atoms with E-state index in [1.165, 1.54) is 57.3 Å². The van der Waals surface area contributed by atoms with E-state index >= 15 is 0 Å². The molecule has 0 amide bonds. The summed E-state index contributed by atoms with van der Waals surface area (Å²) in [6.07, 6.45) is 9.67. The Bertz CT molecular complexity index is 429. The van der Waals surface area contributed by atoms with Crippen LogP contribution in [0, 0.1) is 0 Å². The number of nitrogens with two attached hydrogens (primary N) is 1. The Kier molecular flexibility index (Phi) is 4.10. The second-order valence-electron chi connectivity index (χ2n) is 6.18. The number of hydrazine groups is 1. The Balaban J connectivity index is 1.95. The maximum Gasteiger partial charge on any atom is 0.0812 e. The zero-order valence-electron chi connectivity index (χ0n) is 12.5. The largest absolute Gasteiger partial charge is 0.296 e. The smallest absolute Gasteiger partial charge is 0.0812 e. The van der Waals surface area contributed by atoms with Crippen LogP contribution >= 0.6 is 0 Å². The molecule has 1 aromatic heterocycles. The van der Waals surface area contributed by atoms with Crippen LogP contribution in [0.25, 0.3) is 0 Å². The number of aryl methyl sites for hydroxylation is 1. The summed E-state index contributed by atoms with van der Waals surface area (Å²) in [5.41, 5.74) is 4.57. The quantitative estimate of drug-likeness (QED) is 0.636. The number of hydrogen-bond acceptors (Lipinski definition) is 4. The van der Waals surface area contributed by atoms with E-state index in [0.29, 0.717) is 0 Å². The molecule has 20 heavy (non-hydrogen) atoms. The summed E-state index contributed by atoms with van der Waals surface area (Å²) >= 11 is 0. The van der Waals surface area contributed by atoms with Gasteiger partial charge in [-0.2, -0.15) is 5.10 Å². The van der Waals surface area contributed by atoms with Gasteiger partial charge in [0.25, 0.3) is 0 Å². The fourth-order valence-corrected chi connectivity index (χ4v) is 4.31. The first-order chi connectivity index (χ1) is 9.81. The first-order valence-electron chi connectivity index (χ1n) is 8.05. The summed E-state index contributed by atoms with van der Waals surface area (Å²) in [6, 6.07) is 2.31. The van der Waals surface area contributed by atoms with Crippen molar-refractivity contribution in [2.24, 2.45) is 5.84 Å². The second-order valence-corrected chi connectivity index (χ2v) is 6.18. The third-order valence-corrected chi connectivity index (χ3v) is 5.25. The third kappa shape index (κ3) is 2.18. The van der Waals surface area contributed by atoms with E-state index in [4.69, 9.17) is 5.84 Å². The summed E-state index contributed by atoms with van der Waals surface area (Å²) < 4.78 is 2.08. The Morgan fingerprint density at radius 3 is 2.60 bits per heavy atom. The molecule has 1 saturated heterocycles. The summed E-state index contributed by atoms with van der Waals surface area (Å²) in [7, 11) is 0. The van der Waals surface area contributed by atoms with E-state index in [2.05, 4.69) is 33.1 Å². The molecule has 2 heterocycles. The number of likely N-dealkylation sites (tertiary alicyclic amines) is 1. The zero-order chi connectivity index (χ0) is 14.0. The van der Waals surface area contributed by atoms with Crippen LogP contribution in [0.3, 0.4) is 0 Å². The molecule has 1 aliphatic carbocycles. The monoisotopic (exact) mass is 277 g/mol. The first kappa shape index (κ1) is 14.0. The van der Waals surface area contributed by atoms with Crippen LogP contribution in [0.5, 0.6) is 0 Å². The van der Waals surface area contributed by atoms with Crippen LogP contribution < -0.4 is 11.3 Å². The summed E-state index contributed by atoms with van der Waals surface area (Å²) in [4.78, 5) is 2.69. The number of nitrogens with one attached hydrogen (secondary N) is 1. The zero-order valence-corrected chi connectivity index (χ0v) is 12.5. The Labute approximate surface area is 121 Å². The standard InChI is InChI=1S/C15H27N5/c1-2-20-13(7-10-17-20)14(18-16)15(8-3-4-9-15)19-11-5-6-12-19/h7,10,14,18H,2-6,8-9,11-12,16H2,1H3. The molecule has 0 aromatic carbocycles. The minimum atomic E-state index is 0.186. The molecule has 5 heteroatoms. The number of rotatable bonds is 5. The maximum absolute atomic E-state index is 6.00. The van der Waals surface area contributed by atoms with E-state index in [1.807, 2.05) is 6.20 Å². The van der Waals surface area contributed by atoms with Crippen molar-refractivity contribution in [1.29, 1.82) is 0 Å². The molecule has 112 valence electrons. The summed E-state index contributed by atoms with van der Waals surface area (Å²) in [5.74, 6) is 6.00. The topological polar surface area (TPSA) is 59.1 Å². The number of nitrogens with zero attached hydrogens (tertiary/aromatic N) is 3. The molecule has 1 aliphatic heterocycles. The lowest BCUT2D eigenvalue weighted by Gasteiger charge is -2.44. The first-order valence-corrected chi connectivity index (χ1v) is 8.05. The van der Waals surface area contributed by atoms with Gasteiger partial charge in [0.15, 0.2) is 0 Å². The lowest BCUT2D eigenvalue weighted by molar-refractivity contribution is 0.0727. The lowest BCUT2D eigenvalue weighted by atomic mass is 9.84. The Hall–Kier alpha value is -0.910. The molecule has 2 fully saturated rings. The van der Waals surface area contributed by atoms with Crippen molar-refractivity contribution in [1.82, 2.24) is 20.1 Å². The molecule has 3 N–H and O–H groups in total. The van der Waals surface area contributed by atoms with Crippen LogP contribution in [0.2, 0.25) is 0 Å². The van der Waals surface area contributed by atoms with Gasteiger partial charge in [0.05, 0.1) is 11.7 Å². The lowest BCUT2D eigenvalue weighted by Crippen LogP contribution is -2.56. The number of hydrogen-bond donors (Lipinski definition) is 2. The Morgan fingerprint density at radius 2 is 2.00 bits per heavy atom. The van der Waals surface area contributed by atoms with Gasteiger partial charge in [-0.05, 0) is 51.8 Å². The second kappa shape index (κ2) is 5.84. The van der Waals surface area contributed by atoms with E-state index < -0.39 is 0 Å². The highest BCUT2D eigenvalue weighted by molar-refractivity contribution is 5.17. The van der Waals surface area contributed by atoms with Crippen molar-refractivity contribution >= 4 is 0 Å². The van der Waals surface area contributed by atoms with Gasteiger partial charge in [0.2, 0.25) is 0 Å². The van der Waals surface area contributed by atoms with Gasteiger partial charge in [-0.1, -0.05) is 12.8 Å². The molecular weight excluding hydrogens is 250 g/mol. The van der Waals surface area contributed by atoms with Crippen molar-refractivity contribution in [2.75, 3.05) is 13.1 Å². The predicted molar refractivity (Wildman–Crippen MR) is 80.0 cm³/mol. The van der Waals surface area contributed by atoms with Crippen LogP contribution in [-0.2, 0) is 6.54 Å². The van der Waals surface area contributed by atoms with Gasteiger partial charge in [-0.25, -0.2) is 5.43 Å². The van der Waals surface area contributed by atoms with Crippen molar-refractivity contribution in [3.63, 3.8) is 0 Å². The van der Waals surface area contributed by atoms with Crippen LogP contribution in [-0.4, -0.2) is 33.3 Å². The average molecular weight is 277 g/mol. The fourth-order valence-electron chi connectivity index (χ4n) is 4.31. The number of aromatic nitrogens is 2. The van der Waals surface area contributed by atoms with Gasteiger partial charge >= 0.3 is 0 Å². The van der Waals surface area contributed by atoms with Gasteiger partial charge in [-0.15, -0.1) is 0 Å². The van der Waals surface area contributed by atoms with Crippen molar-refractivity contribution in [3.05, 3.63) is 18.0 Å². The molecular formula is C15H27N5. The van der Waals surface area contributed by atoms with E-state index in [9.17, 15) is 0 Å². The summed E-state index contributed by atoms with van der Waals surface area (Å²) in [5, 5.41) is 4.44. The Morgan fingerprint density at radius 1 is 1.30 bits per heavy atom. The van der Waals surface area contributed by atoms with E-state index in [-0.39, 0.29) is 11.6 Å². The van der Waals surface area contributed by atoms with Crippen molar-refractivity contribution in [3.8, 4) is 0 Å². The normalized spacial score (nSPS) is 24.3. The van der Waals surface area contributed by atoms with Crippen molar-refractivity contribution in [2.45, 2.75) is 63.6 Å². The predicted octanol–water partition coefficient (Wildman–Crippen LogP) is 1.82. The van der Waals surface area contributed by atoms with Crippen LogP contribution in [0.15, 0.2) is 12.3 Å². The molecule has 5 nitrogen and oxygen atoms in total. The molecule has 3 rings (SSSR count). The van der Waals surface area contributed by atoms with Gasteiger partial charge in [-0.3, -0.25) is 15.4 Å². The van der Waals surface area contributed by atoms with Crippen LogP contribution in [0.4, 0.5) is 0 Å². The highest BCUT2D eigenvalue weighted by atomic mass is 15.4. The third-order valence-electron chi connectivity index (χ3n) is 5.25. The highest BCUT2D eigenvalue weighted by Gasteiger charge is 2.47. The van der Waals surface area contributed by atoms with Gasteiger partial charge in [0.1, 0.15) is 0 Å². The average Bonchev–Trinajstić information content (AvgIpc) is 3.21. The fraction of sp³-hybridized carbons (Fsp3) is 0.800. The van der Waals surface area contributed by atoms with Crippen molar-refractivity contribution < 1.29 is 0 Å². The van der Waals surface area contributed by atoms with Crippen LogP contribution in [0.1, 0.15) is 57.2 Å². The highest BCUT2D eigenvalue weighted by Crippen LogP contribution is 2.45. The summed E-state index contributed by atoms with van der Waals surface area (Å²) in [6.45, 7) is 5.48. The van der Waals surface area contributed by atoms with Gasteiger partial charge in [0, 0.05) is 18.3 Å². The minimum absolute atomic E-state index is 0.186. The van der Waals surface area contributed by atoms with Gasteiger partial charge < -0.3 is 0 Å². The molecule has 0 radical (unpaired) electrons. The molecule has 1 aromatic rings. The molecule has 1 unspecified atom stereocenters. The molecule has 0 spiro atoms.